The minimum atomic E-state index is 0.616. The van der Waals surface area contributed by atoms with E-state index in [9.17, 15) is 10.5 Å². The third kappa shape index (κ3) is 4.22. The highest BCUT2D eigenvalue weighted by atomic mass is 15.0. The van der Waals surface area contributed by atoms with Crippen molar-refractivity contribution in [1.29, 1.82) is 10.5 Å². The molecule has 9 aromatic rings. The lowest BCUT2D eigenvalue weighted by Crippen LogP contribution is -1.95. The molecular formula is C44H26N4. The number of nitriles is 2. The fourth-order valence-corrected chi connectivity index (χ4v) is 7.20. The summed E-state index contributed by atoms with van der Waals surface area (Å²) in [6.07, 6.45) is 0. The molecule has 0 saturated carbocycles. The Morgan fingerprint density at radius 1 is 0.375 bits per heavy atom. The second kappa shape index (κ2) is 10.9. The van der Waals surface area contributed by atoms with Crippen LogP contribution >= 0.6 is 0 Å². The van der Waals surface area contributed by atoms with E-state index in [1.807, 2.05) is 42.5 Å². The molecule has 0 bridgehead atoms. The highest BCUT2D eigenvalue weighted by Crippen LogP contribution is 2.40. The van der Waals surface area contributed by atoms with Gasteiger partial charge in [0.2, 0.25) is 0 Å². The zero-order valence-corrected chi connectivity index (χ0v) is 25.8. The van der Waals surface area contributed by atoms with Gasteiger partial charge in [-0.3, -0.25) is 0 Å². The van der Waals surface area contributed by atoms with Crippen LogP contribution in [0.2, 0.25) is 0 Å². The molecule has 222 valence electrons. The first-order valence-electron chi connectivity index (χ1n) is 15.9. The molecule has 4 nitrogen and oxygen atoms in total. The summed E-state index contributed by atoms with van der Waals surface area (Å²) in [5.74, 6) is 0. The second-order valence-corrected chi connectivity index (χ2v) is 12.0. The first-order valence-corrected chi connectivity index (χ1v) is 15.9. The Morgan fingerprint density at radius 3 is 1.85 bits per heavy atom. The zero-order valence-electron chi connectivity index (χ0n) is 25.8. The summed E-state index contributed by atoms with van der Waals surface area (Å²) in [6, 6.07) is 59.2. The Kier molecular flexibility index (Phi) is 6.22. The molecule has 0 aliphatic rings. The van der Waals surface area contributed by atoms with Crippen LogP contribution in [0.5, 0.6) is 0 Å². The van der Waals surface area contributed by atoms with Crippen LogP contribution < -0.4 is 0 Å². The lowest BCUT2D eigenvalue weighted by molar-refractivity contribution is 1.18. The molecule has 0 aliphatic heterocycles. The fraction of sp³-hybridized carbons (Fsp3) is 0. The summed E-state index contributed by atoms with van der Waals surface area (Å²) in [6.45, 7) is 0. The largest absolute Gasteiger partial charge is 0.309 e. The average molecular weight is 611 g/mol. The molecule has 0 radical (unpaired) electrons. The van der Waals surface area contributed by atoms with Gasteiger partial charge >= 0.3 is 0 Å². The molecule has 0 unspecified atom stereocenters. The number of fused-ring (bicyclic) bond motifs is 6. The quantitative estimate of drug-likeness (QED) is 0.199. The maximum Gasteiger partial charge on any atom is 0.0991 e. The third-order valence-corrected chi connectivity index (χ3v) is 9.37. The van der Waals surface area contributed by atoms with Crippen LogP contribution in [0.1, 0.15) is 11.1 Å². The number of hydrogen-bond acceptors (Lipinski definition) is 2. The van der Waals surface area contributed by atoms with E-state index in [2.05, 4.69) is 137 Å². The van der Waals surface area contributed by atoms with Crippen molar-refractivity contribution in [3.63, 3.8) is 0 Å². The lowest BCUT2D eigenvalue weighted by Gasteiger charge is -2.13. The maximum absolute atomic E-state index is 9.66. The van der Waals surface area contributed by atoms with E-state index in [0.29, 0.717) is 11.1 Å². The molecule has 0 amide bonds. The summed E-state index contributed by atoms with van der Waals surface area (Å²) in [5, 5.41) is 23.6. The van der Waals surface area contributed by atoms with Gasteiger partial charge in [-0.05, 0) is 89.5 Å². The van der Waals surface area contributed by atoms with E-state index < -0.39 is 0 Å². The topological polar surface area (TPSA) is 57.4 Å². The van der Waals surface area contributed by atoms with Crippen LogP contribution in [-0.2, 0) is 0 Å². The molecule has 4 heteroatoms. The summed E-state index contributed by atoms with van der Waals surface area (Å²) < 4.78 is 4.60. The van der Waals surface area contributed by atoms with Gasteiger partial charge < -0.3 is 9.13 Å². The third-order valence-electron chi connectivity index (χ3n) is 9.37. The summed E-state index contributed by atoms with van der Waals surface area (Å²) in [4.78, 5) is 0. The highest BCUT2D eigenvalue weighted by molar-refractivity contribution is 6.14. The number of aromatic nitrogens is 2. The van der Waals surface area contributed by atoms with Crippen molar-refractivity contribution in [2.45, 2.75) is 0 Å². The van der Waals surface area contributed by atoms with Crippen molar-refractivity contribution in [3.8, 4) is 45.8 Å². The molecule has 0 N–H and O–H groups in total. The van der Waals surface area contributed by atoms with Gasteiger partial charge in [0, 0.05) is 38.5 Å². The Bertz CT molecular complexity index is 2790. The number of benzene rings is 7. The standard InChI is InChI=1S/C44H26N4/c45-27-29-16-20-35(21-17-29)47-42-23-18-30(28-46)24-40(42)38-22-19-32(26-43(38)47)31-8-6-9-33(25-31)36-13-7-14-39-37-12-4-5-15-41(37)48(44(36)39)34-10-2-1-3-11-34/h1-26H. The molecule has 0 fully saturated rings. The first-order chi connectivity index (χ1) is 23.7. The van der Waals surface area contributed by atoms with Crippen molar-refractivity contribution in [3.05, 3.63) is 169 Å². The second-order valence-electron chi connectivity index (χ2n) is 12.0. The molecule has 0 saturated heterocycles. The van der Waals surface area contributed by atoms with Gasteiger partial charge in [0.15, 0.2) is 0 Å². The van der Waals surface area contributed by atoms with E-state index in [-0.39, 0.29) is 0 Å². The van der Waals surface area contributed by atoms with Gasteiger partial charge in [-0.15, -0.1) is 0 Å². The number of rotatable bonds is 4. The lowest BCUT2D eigenvalue weighted by atomic mass is 9.96. The molecule has 2 aromatic heterocycles. The molecule has 2 heterocycles. The SMILES string of the molecule is N#Cc1ccc(-n2c3ccc(C#N)cc3c3ccc(-c4cccc(-c5cccc6c7ccccc7n(-c7ccccc7)c56)c4)cc32)cc1. The smallest absolute Gasteiger partial charge is 0.0991 e. The highest BCUT2D eigenvalue weighted by Gasteiger charge is 2.18. The van der Waals surface area contributed by atoms with E-state index in [1.54, 1.807) is 0 Å². The van der Waals surface area contributed by atoms with Gasteiger partial charge in [0.05, 0.1) is 45.3 Å². The number of hydrogen-bond donors (Lipinski definition) is 0. The summed E-state index contributed by atoms with van der Waals surface area (Å²) >= 11 is 0. The van der Waals surface area contributed by atoms with Gasteiger partial charge in [-0.2, -0.15) is 10.5 Å². The summed E-state index contributed by atoms with van der Waals surface area (Å²) in [7, 11) is 0. The van der Waals surface area contributed by atoms with Crippen LogP contribution in [0.25, 0.3) is 77.2 Å². The average Bonchev–Trinajstić information content (AvgIpc) is 3.67. The van der Waals surface area contributed by atoms with Crippen molar-refractivity contribution in [2.24, 2.45) is 0 Å². The molecule has 0 spiro atoms. The fourth-order valence-electron chi connectivity index (χ4n) is 7.20. The summed E-state index contributed by atoms with van der Waals surface area (Å²) in [5.41, 5.74) is 12.3. The zero-order chi connectivity index (χ0) is 32.2. The number of para-hydroxylation sites is 3. The van der Waals surface area contributed by atoms with E-state index >= 15 is 0 Å². The molecule has 0 aliphatic carbocycles. The maximum atomic E-state index is 9.66. The van der Waals surface area contributed by atoms with E-state index in [4.69, 9.17) is 0 Å². The number of nitrogens with zero attached hydrogens (tertiary/aromatic N) is 4. The normalized spacial score (nSPS) is 11.3. The Balaban J connectivity index is 1.25. The van der Waals surface area contributed by atoms with Crippen molar-refractivity contribution in [2.75, 3.05) is 0 Å². The monoisotopic (exact) mass is 610 g/mol. The van der Waals surface area contributed by atoms with E-state index in [1.165, 1.54) is 27.4 Å². The van der Waals surface area contributed by atoms with Gasteiger partial charge in [0.1, 0.15) is 0 Å². The van der Waals surface area contributed by atoms with Crippen LogP contribution in [0.4, 0.5) is 0 Å². The van der Waals surface area contributed by atoms with Crippen LogP contribution in [0.3, 0.4) is 0 Å². The van der Waals surface area contributed by atoms with Crippen molar-refractivity contribution < 1.29 is 0 Å². The molecule has 0 atom stereocenters. The Hall–Kier alpha value is -6.88. The Morgan fingerprint density at radius 2 is 1.02 bits per heavy atom. The molecule has 48 heavy (non-hydrogen) atoms. The Labute approximate surface area is 277 Å². The van der Waals surface area contributed by atoms with Gasteiger partial charge in [0.25, 0.3) is 0 Å². The van der Waals surface area contributed by atoms with Gasteiger partial charge in [-0.25, -0.2) is 0 Å². The van der Waals surface area contributed by atoms with Crippen molar-refractivity contribution >= 4 is 43.6 Å². The first kappa shape index (κ1) is 27.4. The van der Waals surface area contributed by atoms with E-state index in [0.717, 1.165) is 49.9 Å². The predicted octanol–water partition coefficient (Wildman–Crippen LogP) is 11.0. The predicted molar refractivity (Wildman–Crippen MR) is 195 cm³/mol. The minimum absolute atomic E-state index is 0.616. The van der Waals surface area contributed by atoms with Crippen LogP contribution in [0.15, 0.2) is 158 Å². The minimum Gasteiger partial charge on any atom is -0.309 e. The van der Waals surface area contributed by atoms with Crippen LogP contribution in [-0.4, -0.2) is 9.13 Å². The van der Waals surface area contributed by atoms with Crippen molar-refractivity contribution in [1.82, 2.24) is 9.13 Å². The molecular weight excluding hydrogens is 585 g/mol. The molecule has 7 aromatic carbocycles. The molecule has 9 rings (SSSR count). The van der Waals surface area contributed by atoms with Crippen LogP contribution in [0, 0.1) is 22.7 Å². The van der Waals surface area contributed by atoms with Gasteiger partial charge in [-0.1, -0.05) is 84.9 Å².